The summed E-state index contributed by atoms with van der Waals surface area (Å²) in [7, 11) is 0. The molecule has 0 spiro atoms. The fraction of sp³-hybridized carbons (Fsp3) is 0.364. The van der Waals surface area contributed by atoms with Crippen molar-refractivity contribution in [3.8, 4) is 0 Å². The minimum absolute atomic E-state index is 0.355. The van der Waals surface area contributed by atoms with Gasteiger partial charge in [0, 0.05) is 5.92 Å². The van der Waals surface area contributed by atoms with Gasteiger partial charge in [-0.05, 0) is 24.1 Å². The zero-order chi connectivity index (χ0) is 11.6. The Kier molecular flexibility index (Phi) is 3.39. The van der Waals surface area contributed by atoms with E-state index in [1.165, 1.54) is 19.1 Å². The molecule has 0 bridgehead atoms. The van der Waals surface area contributed by atoms with Crippen molar-refractivity contribution in [1.29, 1.82) is 0 Å². The number of hydrogen-bond acceptors (Lipinski definition) is 1. The summed E-state index contributed by atoms with van der Waals surface area (Å²) in [4.78, 5) is 10.4. The van der Waals surface area contributed by atoms with Gasteiger partial charge in [-0.15, -0.1) is 0 Å². The SMILES string of the molecule is Cc1ccc(C(C)C(F)C(=O)O)cc1F. The lowest BCUT2D eigenvalue weighted by Gasteiger charge is -2.13. The van der Waals surface area contributed by atoms with E-state index in [1.807, 2.05) is 0 Å². The summed E-state index contributed by atoms with van der Waals surface area (Å²) in [6.07, 6.45) is -2.01. The normalized spacial score (nSPS) is 14.7. The van der Waals surface area contributed by atoms with Crippen LogP contribution in [0.15, 0.2) is 18.2 Å². The first-order valence-corrected chi connectivity index (χ1v) is 4.56. The maximum Gasteiger partial charge on any atom is 0.338 e. The Morgan fingerprint density at radius 2 is 2.07 bits per heavy atom. The first kappa shape index (κ1) is 11.6. The van der Waals surface area contributed by atoms with E-state index < -0.39 is 23.9 Å². The monoisotopic (exact) mass is 214 g/mol. The Morgan fingerprint density at radius 1 is 1.47 bits per heavy atom. The van der Waals surface area contributed by atoms with E-state index in [0.717, 1.165) is 0 Å². The number of rotatable bonds is 3. The van der Waals surface area contributed by atoms with Crippen LogP contribution in [0.2, 0.25) is 0 Å². The van der Waals surface area contributed by atoms with E-state index in [4.69, 9.17) is 5.11 Å². The first-order chi connectivity index (χ1) is 6.93. The zero-order valence-electron chi connectivity index (χ0n) is 8.50. The molecule has 0 aliphatic heterocycles. The van der Waals surface area contributed by atoms with Crippen molar-refractivity contribution in [2.75, 3.05) is 0 Å². The third kappa shape index (κ3) is 2.52. The molecule has 0 saturated carbocycles. The average molecular weight is 214 g/mol. The van der Waals surface area contributed by atoms with Crippen LogP contribution in [0.1, 0.15) is 24.0 Å². The molecule has 0 aliphatic carbocycles. The number of carbonyl (C=O) groups is 1. The number of aryl methyl sites for hydroxylation is 1. The highest BCUT2D eigenvalue weighted by Gasteiger charge is 2.25. The molecule has 0 amide bonds. The highest BCUT2D eigenvalue weighted by Crippen LogP contribution is 2.23. The Bertz CT molecular complexity index is 377. The summed E-state index contributed by atoms with van der Waals surface area (Å²) in [6, 6.07) is 4.23. The second kappa shape index (κ2) is 4.38. The Hall–Kier alpha value is -1.45. The molecule has 15 heavy (non-hydrogen) atoms. The molecule has 1 aromatic rings. The van der Waals surface area contributed by atoms with Crippen LogP contribution in [0.25, 0.3) is 0 Å². The van der Waals surface area contributed by atoms with Crippen LogP contribution in [-0.4, -0.2) is 17.2 Å². The van der Waals surface area contributed by atoms with Gasteiger partial charge in [0.1, 0.15) is 5.82 Å². The molecular weight excluding hydrogens is 202 g/mol. The quantitative estimate of drug-likeness (QED) is 0.839. The smallest absolute Gasteiger partial charge is 0.338 e. The molecule has 2 unspecified atom stereocenters. The molecule has 0 heterocycles. The molecule has 0 aliphatic rings. The molecule has 0 saturated heterocycles. The molecule has 1 aromatic carbocycles. The first-order valence-electron chi connectivity index (χ1n) is 4.56. The van der Waals surface area contributed by atoms with E-state index in [2.05, 4.69) is 0 Å². The van der Waals surface area contributed by atoms with E-state index in [0.29, 0.717) is 11.1 Å². The Labute approximate surface area is 86.5 Å². The molecule has 0 radical (unpaired) electrons. The Balaban J connectivity index is 2.96. The lowest BCUT2D eigenvalue weighted by Crippen LogP contribution is -2.21. The summed E-state index contributed by atoms with van der Waals surface area (Å²) in [5, 5.41) is 8.47. The van der Waals surface area contributed by atoms with Crippen LogP contribution < -0.4 is 0 Å². The van der Waals surface area contributed by atoms with E-state index in [1.54, 1.807) is 13.0 Å². The third-order valence-corrected chi connectivity index (χ3v) is 2.40. The van der Waals surface area contributed by atoms with Gasteiger partial charge in [-0.25, -0.2) is 13.6 Å². The van der Waals surface area contributed by atoms with Crippen molar-refractivity contribution in [3.63, 3.8) is 0 Å². The van der Waals surface area contributed by atoms with Gasteiger partial charge in [0.15, 0.2) is 0 Å². The molecule has 0 fully saturated rings. The fourth-order valence-corrected chi connectivity index (χ4v) is 1.28. The second-order valence-corrected chi connectivity index (χ2v) is 3.54. The number of aliphatic carboxylic acids is 1. The summed E-state index contributed by atoms with van der Waals surface area (Å²) >= 11 is 0. The predicted molar refractivity (Wildman–Crippen MR) is 52.1 cm³/mol. The van der Waals surface area contributed by atoms with Crippen LogP contribution in [0.5, 0.6) is 0 Å². The second-order valence-electron chi connectivity index (χ2n) is 3.54. The van der Waals surface area contributed by atoms with E-state index in [9.17, 15) is 13.6 Å². The predicted octanol–water partition coefficient (Wildman–Crippen LogP) is 2.66. The van der Waals surface area contributed by atoms with Gasteiger partial charge in [0.05, 0.1) is 0 Å². The van der Waals surface area contributed by atoms with Crippen molar-refractivity contribution in [3.05, 3.63) is 35.1 Å². The molecule has 1 rings (SSSR count). The Morgan fingerprint density at radius 3 is 2.53 bits per heavy atom. The van der Waals surface area contributed by atoms with Gasteiger partial charge in [-0.1, -0.05) is 19.1 Å². The van der Waals surface area contributed by atoms with Crippen molar-refractivity contribution in [1.82, 2.24) is 0 Å². The lowest BCUT2D eigenvalue weighted by molar-refractivity contribution is -0.143. The topological polar surface area (TPSA) is 37.3 Å². The highest BCUT2D eigenvalue weighted by molar-refractivity contribution is 5.73. The van der Waals surface area contributed by atoms with E-state index in [-0.39, 0.29) is 0 Å². The maximum atomic E-state index is 13.1. The molecule has 1 N–H and O–H groups in total. The van der Waals surface area contributed by atoms with Crippen molar-refractivity contribution >= 4 is 5.97 Å². The lowest BCUT2D eigenvalue weighted by atomic mass is 9.95. The van der Waals surface area contributed by atoms with Gasteiger partial charge in [0.25, 0.3) is 0 Å². The number of hydrogen-bond donors (Lipinski definition) is 1. The van der Waals surface area contributed by atoms with E-state index >= 15 is 0 Å². The van der Waals surface area contributed by atoms with Gasteiger partial charge in [0.2, 0.25) is 6.17 Å². The average Bonchev–Trinajstić information content (AvgIpc) is 2.19. The molecule has 4 heteroatoms. The molecular formula is C11H12F2O2. The van der Waals surface area contributed by atoms with Crippen molar-refractivity contribution < 1.29 is 18.7 Å². The molecule has 2 nitrogen and oxygen atoms in total. The van der Waals surface area contributed by atoms with Gasteiger partial charge < -0.3 is 5.11 Å². The van der Waals surface area contributed by atoms with Gasteiger partial charge in [-0.3, -0.25) is 0 Å². The zero-order valence-corrected chi connectivity index (χ0v) is 8.50. The highest BCUT2D eigenvalue weighted by atomic mass is 19.1. The molecule has 2 atom stereocenters. The van der Waals surface area contributed by atoms with Gasteiger partial charge in [-0.2, -0.15) is 0 Å². The minimum atomic E-state index is -2.01. The summed E-state index contributed by atoms with van der Waals surface area (Å²) in [5.41, 5.74) is 0.810. The summed E-state index contributed by atoms with van der Waals surface area (Å²) in [5.74, 6) is -2.82. The van der Waals surface area contributed by atoms with Crippen LogP contribution in [0.4, 0.5) is 8.78 Å². The summed E-state index contributed by atoms with van der Waals surface area (Å²) < 4.78 is 26.2. The number of carboxylic acid groups (broad SMARTS) is 1. The van der Waals surface area contributed by atoms with Crippen molar-refractivity contribution in [2.45, 2.75) is 25.9 Å². The maximum absolute atomic E-state index is 13.1. The van der Waals surface area contributed by atoms with Crippen LogP contribution in [0, 0.1) is 12.7 Å². The van der Waals surface area contributed by atoms with Crippen LogP contribution in [0.3, 0.4) is 0 Å². The standard InChI is InChI=1S/C11H12F2O2/c1-6-3-4-8(5-9(6)12)7(2)10(13)11(14)15/h3-5,7,10H,1-2H3,(H,14,15). The number of alkyl halides is 1. The minimum Gasteiger partial charge on any atom is -0.479 e. The summed E-state index contributed by atoms with van der Waals surface area (Å²) in [6.45, 7) is 3.01. The van der Waals surface area contributed by atoms with Crippen LogP contribution in [-0.2, 0) is 4.79 Å². The number of benzene rings is 1. The fourth-order valence-electron chi connectivity index (χ4n) is 1.28. The van der Waals surface area contributed by atoms with Gasteiger partial charge >= 0.3 is 5.97 Å². The van der Waals surface area contributed by atoms with Crippen LogP contribution >= 0.6 is 0 Å². The molecule has 0 aromatic heterocycles. The molecule has 82 valence electrons. The third-order valence-electron chi connectivity index (χ3n) is 2.40. The largest absolute Gasteiger partial charge is 0.479 e. The number of halogens is 2. The number of carboxylic acids is 1. The van der Waals surface area contributed by atoms with Crippen molar-refractivity contribution in [2.24, 2.45) is 0 Å².